The number of rotatable bonds is 3. The molecule has 0 amide bonds. The van der Waals surface area contributed by atoms with E-state index in [1.165, 1.54) is 0 Å². The molecule has 3 nitrogen and oxygen atoms in total. The van der Waals surface area contributed by atoms with Gasteiger partial charge in [0.25, 0.3) is 0 Å². The van der Waals surface area contributed by atoms with Gasteiger partial charge in [0, 0.05) is 28.2 Å². The second-order valence-corrected chi connectivity index (χ2v) is 5.28. The lowest BCUT2D eigenvalue weighted by Crippen LogP contribution is -2.01. The molecule has 0 aliphatic heterocycles. The molecule has 0 atom stereocenters. The summed E-state index contributed by atoms with van der Waals surface area (Å²) >= 11 is 3.45. The van der Waals surface area contributed by atoms with Crippen LogP contribution in [0.1, 0.15) is 11.1 Å². The summed E-state index contributed by atoms with van der Waals surface area (Å²) in [6.45, 7) is 2.75. The summed E-state index contributed by atoms with van der Waals surface area (Å²) in [4.78, 5) is 4.33. The minimum atomic E-state index is 0.699. The number of hydrogen-bond acceptors (Lipinski definition) is 3. The number of pyridine rings is 1. The summed E-state index contributed by atoms with van der Waals surface area (Å²) in [5.74, 6) is 0.867. The Hall–Kier alpha value is -1.81. The quantitative estimate of drug-likeness (QED) is 0.772. The van der Waals surface area contributed by atoms with Gasteiger partial charge in [0.2, 0.25) is 0 Å². The van der Waals surface area contributed by atoms with Gasteiger partial charge in [-0.2, -0.15) is 0 Å². The van der Waals surface area contributed by atoms with Gasteiger partial charge in [-0.05, 0) is 40.5 Å². The van der Waals surface area contributed by atoms with Gasteiger partial charge < -0.3 is 9.73 Å². The molecular weight excluding hydrogens is 304 g/mol. The highest BCUT2D eigenvalue weighted by Gasteiger charge is 2.05. The summed E-state index contributed by atoms with van der Waals surface area (Å²) in [6, 6.07) is 10.1. The van der Waals surface area contributed by atoms with Crippen LogP contribution in [-0.4, -0.2) is 4.98 Å². The fourth-order valence-electron chi connectivity index (χ4n) is 1.99. The van der Waals surface area contributed by atoms with Crippen molar-refractivity contribution in [2.75, 3.05) is 5.32 Å². The van der Waals surface area contributed by atoms with Crippen molar-refractivity contribution in [1.82, 2.24) is 4.98 Å². The third-order valence-electron chi connectivity index (χ3n) is 3.07. The van der Waals surface area contributed by atoms with Crippen LogP contribution < -0.4 is 5.32 Å². The highest BCUT2D eigenvalue weighted by molar-refractivity contribution is 9.10. The van der Waals surface area contributed by atoms with Crippen LogP contribution in [0.2, 0.25) is 0 Å². The Balaban J connectivity index is 1.80. The van der Waals surface area contributed by atoms with Crippen LogP contribution in [0.3, 0.4) is 0 Å². The maximum absolute atomic E-state index is 5.51. The van der Waals surface area contributed by atoms with E-state index in [0.717, 1.165) is 32.4 Å². The second kappa shape index (κ2) is 5.05. The van der Waals surface area contributed by atoms with E-state index in [1.807, 2.05) is 37.4 Å². The molecule has 1 aromatic carbocycles. The molecule has 4 heteroatoms. The van der Waals surface area contributed by atoms with Gasteiger partial charge in [0.15, 0.2) is 0 Å². The number of benzene rings is 1. The Morgan fingerprint density at radius 3 is 3.00 bits per heavy atom. The molecule has 0 unspecified atom stereocenters. The Morgan fingerprint density at radius 1 is 1.32 bits per heavy atom. The molecule has 1 N–H and O–H groups in total. The first kappa shape index (κ1) is 12.2. The van der Waals surface area contributed by atoms with E-state index in [4.69, 9.17) is 4.42 Å². The van der Waals surface area contributed by atoms with Crippen molar-refractivity contribution in [2.45, 2.75) is 13.5 Å². The minimum absolute atomic E-state index is 0.699. The van der Waals surface area contributed by atoms with Gasteiger partial charge in [-0.15, -0.1) is 0 Å². The molecule has 96 valence electrons. The van der Waals surface area contributed by atoms with Crippen LogP contribution in [0.25, 0.3) is 11.0 Å². The molecule has 19 heavy (non-hydrogen) atoms. The number of hydrogen-bond donors (Lipinski definition) is 1. The summed E-state index contributed by atoms with van der Waals surface area (Å²) < 4.78 is 6.53. The van der Waals surface area contributed by atoms with E-state index in [-0.39, 0.29) is 0 Å². The maximum Gasteiger partial charge on any atom is 0.134 e. The van der Waals surface area contributed by atoms with E-state index in [2.05, 4.69) is 32.3 Å². The van der Waals surface area contributed by atoms with Crippen molar-refractivity contribution < 1.29 is 4.42 Å². The average molecular weight is 317 g/mol. The maximum atomic E-state index is 5.51. The number of nitrogens with zero attached hydrogens (tertiary/aromatic N) is 1. The molecule has 3 rings (SSSR count). The molecule has 0 aliphatic carbocycles. The molecule has 0 saturated carbocycles. The Morgan fingerprint density at radius 2 is 2.16 bits per heavy atom. The number of aromatic nitrogens is 1. The van der Waals surface area contributed by atoms with Crippen LogP contribution in [0.15, 0.2) is 51.7 Å². The zero-order valence-corrected chi connectivity index (χ0v) is 12.1. The lowest BCUT2D eigenvalue weighted by molar-refractivity contribution is 0.611. The third-order valence-corrected chi connectivity index (χ3v) is 3.90. The first-order chi connectivity index (χ1) is 9.24. The zero-order chi connectivity index (χ0) is 13.2. The summed E-state index contributed by atoms with van der Waals surface area (Å²) in [5, 5.41) is 4.46. The number of para-hydroxylation sites is 1. The fraction of sp³-hybridized carbons (Fsp3) is 0.133. The van der Waals surface area contributed by atoms with Crippen molar-refractivity contribution in [3.63, 3.8) is 0 Å². The predicted octanol–water partition coefficient (Wildman–Crippen LogP) is 4.51. The van der Waals surface area contributed by atoms with Crippen LogP contribution >= 0.6 is 15.9 Å². The van der Waals surface area contributed by atoms with Gasteiger partial charge in [0.05, 0.1) is 6.26 Å². The number of nitrogens with one attached hydrogen (secondary N) is 1. The molecule has 0 bridgehead atoms. The van der Waals surface area contributed by atoms with Gasteiger partial charge in [-0.1, -0.05) is 18.2 Å². The third kappa shape index (κ3) is 2.49. The van der Waals surface area contributed by atoms with Crippen molar-refractivity contribution in [1.29, 1.82) is 0 Å². The van der Waals surface area contributed by atoms with Gasteiger partial charge in [-0.3, -0.25) is 0 Å². The second-order valence-electron chi connectivity index (χ2n) is 4.43. The van der Waals surface area contributed by atoms with Crippen LogP contribution in [0.4, 0.5) is 5.82 Å². The normalized spacial score (nSPS) is 10.8. The number of aryl methyl sites for hydroxylation is 1. The highest BCUT2D eigenvalue weighted by atomic mass is 79.9. The van der Waals surface area contributed by atoms with Crippen molar-refractivity contribution in [2.24, 2.45) is 0 Å². The van der Waals surface area contributed by atoms with Gasteiger partial charge in [0.1, 0.15) is 11.4 Å². The Bertz CT molecular complexity index is 721. The monoisotopic (exact) mass is 316 g/mol. The van der Waals surface area contributed by atoms with Crippen molar-refractivity contribution in [3.8, 4) is 0 Å². The molecule has 2 heterocycles. The number of anilines is 1. The zero-order valence-electron chi connectivity index (χ0n) is 10.5. The summed E-state index contributed by atoms with van der Waals surface area (Å²) in [6.07, 6.45) is 3.61. The van der Waals surface area contributed by atoms with Crippen LogP contribution in [-0.2, 0) is 6.54 Å². The molecule has 3 aromatic rings. The van der Waals surface area contributed by atoms with E-state index < -0.39 is 0 Å². The van der Waals surface area contributed by atoms with Gasteiger partial charge >= 0.3 is 0 Å². The summed E-state index contributed by atoms with van der Waals surface area (Å²) in [5.41, 5.74) is 3.21. The topological polar surface area (TPSA) is 38.1 Å². The number of furan rings is 1. The average Bonchev–Trinajstić information content (AvgIpc) is 2.83. The largest absolute Gasteiger partial charge is 0.464 e. The van der Waals surface area contributed by atoms with Crippen LogP contribution in [0, 0.1) is 6.92 Å². The molecular formula is C15H13BrN2O. The predicted molar refractivity (Wildman–Crippen MR) is 80.2 cm³/mol. The van der Waals surface area contributed by atoms with E-state index in [1.54, 1.807) is 6.26 Å². The molecule has 0 aliphatic rings. The molecule has 0 saturated heterocycles. The SMILES string of the molecule is Cc1cc(NCc2coc3ccccc23)ncc1Br. The molecule has 0 radical (unpaired) electrons. The Kier molecular flexibility index (Phi) is 3.25. The van der Waals surface area contributed by atoms with E-state index >= 15 is 0 Å². The Labute approximate surface area is 119 Å². The lowest BCUT2D eigenvalue weighted by atomic mass is 10.2. The number of halogens is 1. The smallest absolute Gasteiger partial charge is 0.134 e. The van der Waals surface area contributed by atoms with E-state index in [0.29, 0.717) is 6.54 Å². The highest BCUT2D eigenvalue weighted by Crippen LogP contribution is 2.22. The molecule has 0 fully saturated rings. The van der Waals surface area contributed by atoms with Crippen molar-refractivity contribution in [3.05, 3.63) is 58.4 Å². The van der Waals surface area contributed by atoms with Crippen molar-refractivity contribution >= 4 is 32.7 Å². The van der Waals surface area contributed by atoms with Gasteiger partial charge in [-0.25, -0.2) is 4.98 Å². The van der Waals surface area contributed by atoms with Crippen LogP contribution in [0.5, 0.6) is 0 Å². The fourth-order valence-corrected chi connectivity index (χ4v) is 2.21. The standard InChI is InChI=1S/C15H13BrN2O/c1-10-6-15(18-8-13(10)16)17-7-11-9-19-14-5-3-2-4-12(11)14/h2-6,8-9H,7H2,1H3,(H,17,18). The summed E-state index contributed by atoms with van der Waals surface area (Å²) in [7, 11) is 0. The number of fused-ring (bicyclic) bond motifs is 1. The lowest BCUT2D eigenvalue weighted by Gasteiger charge is -2.06. The first-order valence-corrected chi connectivity index (χ1v) is 6.84. The first-order valence-electron chi connectivity index (χ1n) is 6.05. The molecule has 2 aromatic heterocycles. The minimum Gasteiger partial charge on any atom is -0.464 e. The molecule has 0 spiro atoms. The van der Waals surface area contributed by atoms with E-state index in [9.17, 15) is 0 Å².